The number of tetrazole rings is 1. The quantitative estimate of drug-likeness (QED) is 0.117. The van der Waals surface area contributed by atoms with Crippen LogP contribution in [0.25, 0.3) is 44.1 Å². The number of rotatable bonds is 13. The number of methoxy groups -OCH3 is 1. The number of pyridine rings is 3. The maximum atomic E-state index is 14.2. The van der Waals surface area contributed by atoms with Gasteiger partial charge in [-0.2, -0.15) is 4.80 Å². The van der Waals surface area contributed by atoms with Gasteiger partial charge >= 0.3 is 0 Å². The fourth-order valence-electron chi connectivity index (χ4n) is 7.92. The minimum absolute atomic E-state index is 0.133. The van der Waals surface area contributed by atoms with Crippen molar-refractivity contribution in [1.29, 1.82) is 0 Å². The van der Waals surface area contributed by atoms with Gasteiger partial charge in [0.15, 0.2) is 0 Å². The number of hydrogen-bond donors (Lipinski definition) is 0. The molecule has 0 bridgehead atoms. The van der Waals surface area contributed by atoms with E-state index >= 15 is 0 Å². The first-order valence-electron chi connectivity index (χ1n) is 19.7. The minimum atomic E-state index is -0.133. The Bertz CT molecular complexity index is 2740. The van der Waals surface area contributed by atoms with Crippen LogP contribution in [0.5, 0.6) is 11.5 Å². The zero-order valence-electron chi connectivity index (χ0n) is 32.0. The van der Waals surface area contributed by atoms with Gasteiger partial charge in [-0.05, 0) is 123 Å². The summed E-state index contributed by atoms with van der Waals surface area (Å²) < 4.78 is 13.5. The van der Waals surface area contributed by atoms with Gasteiger partial charge in [0, 0.05) is 28.4 Å². The number of aryl methyl sites for hydroxylation is 1. The summed E-state index contributed by atoms with van der Waals surface area (Å²) in [5.41, 5.74) is 6.11. The third-order valence-electron chi connectivity index (χ3n) is 11.0. The highest BCUT2D eigenvalue weighted by Crippen LogP contribution is 2.26. The van der Waals surface area contributed by atoms with Crippen molar-refractivity contribution in [2.75, 3.05) is 26.7 Å². The zero-order valence-corrected chi connectivity index (χ0v) is 32.0. The highest BCUT2D eigenvalue weighted by atomic mass is 16.5. The van der Waals surface area contributed by atoms with Crippen molar-refractivity contribution in [2.45, 2.75) is 45.4 Å². The van der Waals surface area contributed by atoms with E-state index in [9.17, 15) is 4.79 Å². The molecule has 0 N–H and O–H groups in total. The van der Waals surface area contributed by atoms with E-state index in [2.05, 4.69) is 62.8 Å². The normalized spacial score (nSPS) is 13.8. The summed E-state index contributed by atoms with van der Waals surface area (Å²) >= 11 is 0. The van der Waals surface area contributed by atoms with E-state index in [1.54, 1.807) is 7.11 Å². The number of fused-ring (bicyclic) bond motifs is 3. The molecular formula is C46H44N8O3. The molecule has 57 heavy (non-hydrogen) atoms. The van der Waals surface area contributed by atoms with Crippen LogP contribution in [-0.4, -0.2) is 66.4 Å². The van der Waals surface area contributed by atoms with Crippen LogP contribution in [0.3, 0.4) is 0 Å². The smallest absolute Gasteiger partial charge is 0.262 e. The van der Waals surface area contributed by atoms with Gasteiger partial charge < -0.3 is 18.9 Å². The van der Waals surface area contributed by atoms with E-state index in [1.807, 2.05) is 83.4 Å². The molecule has 0 spiro atoms. The molecule has 1 saturated heterocycles. The topological polar surface area (TPSA) is 113 Å². The maximum Gasteiger partial charge on any atom is 0.262 e. The van der Waals surface area contributed by atoms with Gasteiger partial charge in [-0.25, -0.2) is 4.98 Å². The molecule has 286 valence electrons. The lowest BCUT2D eigenvalue weighted by atomic mass is 9.91. The molecule has 0 atom stereocenters. The zero-order chi connectivity index (χ0) is 38.6. The molecule has 1 fully saturated rings. The van der Waals surface area contributed by atoms with Crippen molar-refractivity contribution in [2.24, 2.45) is 5.92 Å². The second-order valence-corrected chi connectivity index (χ2v) is 14.9. The van der Waals surface area contributed by atoms with Crippen LogP contribution in [0, 0.1) is 5.92 Å². The Balaban J connectivity index is 0.851. The molecule has 0 amide bonds. The van der Waals surface area contributed by atoms with Gasteiger partial charge in [0.25, 0.3) is 5.56 Å². The molecule has 4 aromatic heterocycles. The first-order chi connectivity index (χ1) is 28.0. The number of benzene rings is 4. The molecule has 0 unspecified atom stereocenters. The first-order valence-corrected chi connectivity index (χ1v) is 19.7. The van der Waals surface area contributed by atoms with Gasteiger partial charge in [-0.3, -0.25) is 9.78 Å². The number of hydrogen-bond acceptors (Lipinski definition) is 9. The van der Waals surface area contributed by atoms with Crippen molar-refractivity contribution in [1.82, 2.24) is 39.6 Å². The van der Waals surface area contributed by atoms with E-state index in [1.165, 1.54) is 15.9 Å². The number of piperidine rings is 1. The Kier molecular flexibility index (Phi) is 10.4. The van der Waals surface area contributed by atoms with Crippen molar-refractivity contribution >= 4 is 32.7 Å². The van der Waals surface area contributed by atoms with Crippen LogP contribution in [0.1, 0.15) is 36.2 Å². The summed E-state index contributed by atoms with van der Waals surface area (Å²) in [5, 5.41) is 16.5. The van der Waals surface area contributed by atoms with E-state index in [0.29, 0.717) is 31.2 Å². The molecule has 8 aromatic rings. The molecule has 0 radical (unpaired) electrons. The Hall–Kier alpha value is -6.46. The van der Waals surface area contributed by atoms with Gasteiger partial charge in [-0.15, -0.1) is 10.2 Å². The monoisotopic (exact) mass is 756 g/mol. The maximum absolute atomic E-state index is 14.2. The molecule has 1 aliphatic heterocycles. The van der Waals surface area contributed by atoms with Crippen LogP contribution >= 0.6 is 0 Å². The summed E-state index contributed by atoms with van der Waals surface area (Å²) in [6, 6.07) is 40.2. The summed E-state index contributed by atoms with van der Waals surface area (Å²) in [7, 11) is 1.65. The molecule has 11 nitrogen and oxygen atoms in total. The second-order valence-electron chi connectivity index (χ2n) is 14.9. The number of likely N-dealkylation sites (tertiary alicyclic amines) is 1. The van der Waals surface area contributed by atoms with E-state index in [-0.39, 0.29) is 11.4 Å². The lowest BCUT2D eigenvalue weighted by Gasteiger charge is -2.32. The summed E-state index contributed by atoms with van der Waals surface area (Å²) in [6.07, 6.45) is 4.15. The van der Waals surface area contributed by atoms with Crippen LogP contribution in [0.4, 0.5) is 0 Å². The largest absolute Gasteiger partial charge is 0.497 e. The predicted molar refractivity (Wildman–Crippen MR) is 222 cm³/mol. The molecule has 1 aliphatic rings. The Morgan fingerprint density at radius 2 is 1.47 bits per heavy atom. The third-order valence-corrected chi connectivity index (χ3v) is 11.0. The van der Waals surface area contributed by atoms with Crippen LogP contribution in [0.15, 0.2) is 126 Å². The van der Waals surface area contributed by atoms with Crippen molar-refractivity contribution < 1.29 is 9.47 Å². The van der Waals surface area contributed by atoms with E-state index in [0.717, 1.165) is 95.4 Å². The third kappa shape index (κ3) is 8.24. The van der Waals surface area contributed by atoms with Crippen LogP contribution in [-0.2, 0) is 26.1 Å². The lowest BCUT2D eigenvalue weighted by molar-refractivity contribution is 0.179. The van der Waals surface area contributed by atoms with Crippen molar-refractivity contribution in [3.8, 4) is 22.9 Å². The number of para-hydroxylation sites is 2. The van der Waals surface area contributed by atoms with E-state index < -0.39 is 0 Å². The fraction of sp³-hybridized carbons (Fsp3) is 0.261. The molecule has 5 heterocycles. The average Bonchev–Trinajstić information content (AvgIpc) is 3.72. The minimum Gasteiger partial charge on any atom is -0.497 e. The lowest BCUT2D eigenvalue weighted by Crippen LogP contribution is -2.36. The fourth-order valence-corrected chi connectivity index (χ4v) is 7.92. The molecule has 4 aromatic carbocycles. The second kappa shape index (κ2) is 16.3. The van der Waals surface area contributed by atoms with E-state index in [4.69, 9.17) is 19.4 Å². The van der Waals surface area contributed by atoms with Gasteiger partial charge in [-0.1, -0.05) is 60.7 Å². The highest BCUT2D eigenvalue weighted by Gasteiger charge is 2.21. The molecule has 9 rings (SSSR count). The molecule has 11 heteroatoms. The van der Waals surface area contributed by atoms with Crippen LogP contribution < -0.4 is 15.0 Å². The average molecular weight is 757 g/mol. The molecule has 0 aliphatic carbocycles. The van der Waals surface area contributed by atoms with Crippen molar-refractivity contribution in [3.63, 3.8) is 0 Å². The van der Waals surface area contributed by atoms with Crippen molar-refractivity contribution in [3.05, 3.63) is 149 Å². The summed E-state index contributed by atoms with van der Waals surface area (Å²) in [6.45, 7) is 4.31. The molecular weight excluding hydrogens is 713 g/mol. The Labute approximate surface area is 330 Å². The number of aromatic nitrogens is 7. The molecule has 0 saturated carbocycles. The van der Waals surface area contributed by atoms with Gasteiger partial charge in [0.2, 0.25) is 5.82 Å². The first kappa shape index (κ1) is 36.2. The van der Waals surface area contributed by atoms with Crippen LogP contribution in [0.2, 0.25) is 0 Å². The highest BCUT2D eigenvalue weighted by molar-refractivity contribution is 5.84. The Morgan fingerprint density at radius 1 is 0.719 bits per heavy atom. The number of nitrogens with zero attached hydrogens (tertiary/aromatic N) is 8. The van der Waals surface area contributed by atoms with Gasteiger partial charge in [0.1, 0.15) is 18.1 Å². The summed E-state index contributed by atoms with van der Waals surface area (Å²) in [4.78, 5) is 27.8. The standard InChI is InChI=1S/C46H44N8O3/c1-56-39-18-19-44-36(28-39)29-41(46(55)53(44)23-7-22-52-24-20-32(21-25-52)26-37-16-14-34-9-2-4-12-42(34)47-37)45-49-51-54(50-45)30-33-8-6-11-40(27-33)57-31-38-17-15-35-10-3-5-13-43(35)48-38/h2-6,8-19,27-29,32H,7,20-26,30-31H2,1H3. The van der Waals surface area contributed by atoms with Gasteiger partial charge in [0.05, 0.1) is 41.5 Å². The predicted octanol–water partition coefficient (Wildman–Crippen LogP) is 7.73. The summed E-state index contributed by atoms with van der Waals surface area (Å²) in [5.74, 6) is 2.36. The Morgan fingerprint density at radius 3 is 2.26 bits per heavy atom. The number of ether oxygens (including phenoxy) is 2. The SMILES string of the molecule is COc1ccc2c(c1)cc(-c1nnn(Cc3cccc(OCc4ccc5ccccc5n4)c3)n1)c(=O)n2CCCN1CCC(Cc2ccc3ccccc3n2)CC1.